The molecule has 0 radical (unpaired) electrons. The van der Waals surface area contributed by atoms with Gasteiger partial charge in [0.1, 0.15) is 0 Å². The second-order valence-electron chi connectivity index (χ2n) is 12.0. The van der Waals surface area contributed by atoms with E-state index < -0.39 is 0 Å². The normalized spacial score (nSPS) is 11.3. The zero-order valence-electron chi connectivity index (χ0n) is 25.8. The maximum Gasteiger partial charge on any atom is 0.0991 e. The van der Waals surface area contributed by atoms with Crippen molar-refractivity contribution >= 4 is 43.6 Å². The van der Waals surface area contributed by atoms with Gasteiger partial charge < -0.3 is 9.13 Å². The van der Waals surface area contributed by atoms with Crippen LogP contribution in [0.4, 0.5) is 0 Å². The van der Waals surface area contributed by atoms with Crippen molar-refractivity contribution in [1.29, 1.82) is 10.5 Å². The summed E-state index contributed by atoms with van der Waals surface area (Å²) in [7, 11) is 0. The van der Waals surface area contributed by atoms with Gasteiger partial charge in [0, 0.05) is 32.8 Å². The van der Waals surface area contributed by atoms with Gasteiger partial charge in [0.2, 0.25) is 0 Å². The standard InChI is InChI=1S/C44H26N4/c45-27-29-19-21-43(48-42-18-6-3-15-37(42)39-24-30(28-46)20-22-44(39)48)38(23-29)33-11-7-9-31(25-33)32-10-8-12-34(26-32)47-40-16-4-1-13-35(40)36-14-2-5-17-41(36)47/h1-26H. The summed E-state index contributed by atoms with van der Waals surface area (Å²) in [5.74, 6) is 0. The van der Waals surface area contributed by atoms with Crippen LogP contribution in [0.1, 0.15) is 11.1 Å². The number of benzene rings is 7. The molecule has 9 aromatic rings. The lowest BCUT2D eigenvalue weighted by atomic mass is 9.96. The van der Waals surface area contributed by atoms with E-state index in [1.807, 2.05) is 48.5 Å². The fourth-order valence-electron chi connectivity index (χ4n) is 7.23. The Morgan fingerprint density at radius 1 is 0.375 bits per heavy atom. The lowest BCUT2D eigenvalue weighted by molar-refractivity contribution is 1.18. The third-order valence-electron chi connectivity index (χ3n) is 9.36. The number of nitrogens with zero attached hydrogens (tertiary/aromatic N) is 4. The average molecular weight is 611 g/mol. The first-order chi connectivity index (χ1) is 23.7. The molecule has 0 aliphatic heterocycles. The maximum atomic E-state index is 9.95. The van der Waals surface area contributed by atoms with Crippen LogP contribution in [0, 0.1) is 22.7 Å². The van der Waals surface area contributed by atoms with Crippen molar-refractivity contribution in [3.05, 3.63) is 169 Å². The topological polar surface area (TPSA) is 57.4 Å². The molecule has 7 aromatic carbocycles. The lowest BCUT2D eigenvalue weighted by Crippen LogP contribution is -1.98. The lowest BCUT2D eigenvalue weighted by Gasteiger charge is -2.16. The Labute approximate surface area is 277 Å². The molecular formula is C44H26N4. The number of hydrogen-bond donors (Lipinski definition) is 0. The predicted molar refractivity (Wildman–Crippen MR) is 195 cm³/mol. The van der Waals surface area contributed by atoms with Crippen LogP contribution in [0.5, 0.6) is 0 Å². The van der Waals surface area contributed by atoms with Gasteiger partial charge in [-0.2, -0.15) is 10.5 Å². The van der Waals surface area contributed by atoms with Gasteiger partial charge in [-0.3, -0.25) is 0 Å². The Hall–Kier alpha value is -6.88. The highest BCUT2D eigenvalue weighted by Crippen LogP contribution is 2.39. The third kappa shape index (κ3) is 4.22. The summed E-state index contributed by atoms with van der Waals surface area (Å²) in [6.07, 6.45) is 0. The Morgan fingerprint density at radius 2 is 0.896 bits per heavy atom. The van der Waals surface area contributed by atoms with Crippen molar-refractivity contribution in [2.75, 3.05) is 0 Å². The summed E-state index contributed by atoms with van der Waals surface area (Å²) in [5.41, 5.74) is 11.9. The molecule has 48 heavy (non-hydrogen) atoms. The van der Waals surface area contributed by atoms with Gasteiger partial charge in [-0.15, -0.1) is 0 Å². The van der Waals surface area contributed by atoms with Crippen molar-refractivity contribution in [2.45, 2.75) is 0 Å². The molecule has 2 heterocycles. The minimum Gasteiger partial charge on any atom is -0.309 e. The van der Waals surface area contributed by atoms with E-state index in [0.717, 1.165) is 55.4 Å². The van der Waals surface area contributed by atoms with Crippen molar-refractivity contribution in [3.8, 4) is 45.8 Å². The Kier molecular flexibility index (Phi) is 6.22. The summed E-state index contributed by atoms with van der Waals surface area (Å²) < 4.78 is 4.59. The SMILES string of the molecule is N#Cc1ccc(-n2c3ccccc3c3cc(C#N)ccc32)c(-c2cccc(-c3cccc(-n4c5ccccc5c5ccccc54)c3)c2)c1. The van der Waals surface area contributed by atoms with E-state index in [2.05, 4.69) is 130 Å². The van der Waals surface area contributed by atoms with E-state index >= 15 is 0 Å². The zero-order valence-corrected chi connectivity index (χ0v) is 25.8. The number of rotatable bonds is 4. The second-order valence-corrected chi connectivity index (χ2v) is 12.0. The van der Waals surface area contributed by atoms with Crippen molar-refractivity contribution in [1.82, 2.24) is 9.13 Å². The molecule has 0 atom stereocenters. The van der Waals surface area contributed by atoms with Crippen molar-refractivity contribution in [3.63, 3.8) is 0 Å². The molecule has 0 saturated carbocycles. The highest BCUT2D eigenvalue weighted by molar-refractivity contribution is 6.11. The molecule has 0 bridgehead atoms. The molecular weight excluding hydrogens is 585 g/mol. The summed E-state index contributed by atoms with van der Waals surface area (Å²) in [4.78, 5) is 0. The molecule has 0 saturated heterocycles. The average Bonchev–Trinajstić information content (AvgIpc) is 3.67. The third-order valence-corrected chi connectivity index (χ3v) is 9.36. The first-order valence-electron chi connectivity index (χ1n) is 15.9. The van der Waals surface area contributed by atoms with Crippen molar-refractivity contribution < 1.29 is 0 Å². The first kappa shape index (κ1) is 27.4. The predicted octanol–water partition coefficient (Wildman–Crippen LogP) is 11.0. The number of nitriles is 2. The van der Waals surface area contributed by atoms with Gasteiger partial charge >= 0.3 is 0 Å². The molecule has 0 amide bonds. The van der Waals surface area contributed by atoms with Crippen LogP contribution >= 0.6 is 0 Å². The molecule has 0 N–H and O–H groups in total. The summed E-state index contributed by atoms with van der Waals surface area (Å²) in [6, 6.07) is 59.0. The first-order valence-corrected chi connectivity index (χ1v) is 15.9. The number of hydrogen-bond acceptors (Lipinski definition) is 2. The Bertz CT molecular complexity index is 2760. The van der Waals surface area contributed by atoms with Crippen molar-refractivity contribution in [2.24, 2.45) is 0 Å². The molecule has 0 aliphatic rings. The van der Waals surface area contributed by atoms with Crippen LogP contribution in [0.3, 0.4) is 0 Å². The summed E-state index contributed by atoms with van der Waals surface area (Å²) in [6.45, 7) is 0. The molecule has 0 unspecified atom stereocenters. The van der Waals surface area contributed by atoms with Crippen LogP contribution in [-0.4, -0.2) is 9.13 Å². The van der Waals surface area contributed by atoms with Gasteiger partial charge in [-0.05, 0) is 89.5 Å². The van der Waals surface area contributed by atoms with E-state index in [9.17, 15) is 10.5 Å². The number of aromatic nitrogens is 2. The van der Waals surface area contributed by atoms with Gasteiger partial charge in [0.15, 0.2) is 0 Å². The fraction of sp³-hybridized carbons (Fsp3) is 0. The zero-order chi connectivity index (χ0) is 32.2. The quantitative estimate of drug-likeness (QED) is 0.199. The molecule has 0 fully saturated rings. The largest absolute Gasteiger partial charge is 0.309 e. The highest BCUT2D eigenvalue weighted by Gasteiger charge is 2.18. The van der Waals surface area contributed by atoms with Gasteiger partial charge in [-0.25, -0.2) is 0 Å². The Morgan fingerprint density at radius 3 is 1.58 bits per heavy atom. The summed E-state index contributed by atoms with van der Waals surface area (Å²) >= 11 is 0. The Balaban J connectivity index is 1.23. The molecule has 4 nitrogen and oxygen atoms in total. The van der Waals surface area contributed by atoms with E-state index in [0.29, 0.717) is 11.1 Å². The van der Waals surface area contributed by atoms with Crippen LogP contribution in [0.15, 0.2) is 158 Å². The molecule has 0 aliphatic carbocycles. The minimum absolute atomic E-state index is 0.597. The molecule has 222 valence electrons. The number of fused-ring (bicyclic) bond motifs is 6. The van der Waals surface area contributed by atoms with Crippen LogP contribution in [0.2, 0.25) is 0 Å². The van der Waals surface area contributed by atoms with Crippen LogP contribution in [0.25, 0.3) is 77.2 Å². The molecule has 4 heteroatoms. The van der Waals surface area contributed by atoms with E-state index in [1.54, 1.807) is 0 Å². The molecule has 2 aromatic heterocycles. The smallest absolute Gasteiger partial charge is 0.0991 e. The van der Waals surface area contributed by atoms with Gasteiger partial charge in [0.25, 0.3) is 0 Å². The molecule has 9 rings (SSSR count). The number of para-hydroxylation sites is 3. The van der Waals surface area contributed by atoms with Gasteiger partial charge in [-0.1, -0.05) is 84.9 Å². The monoisotopic (exact) mass is 610 g/mol. The van der Waals surface area contributed by atoms with E-state index in [1.165, 1.54) is 21.8 Å². The van der Waals surface area contributed by atoms with Gasteiger partial charge in [0.05, 0.1) is 51.0 Å². The van der Waals surface area contributed by atoms with E-state index in [-0.39, 0.29) is 0 Å². The maximum absolute atomic E-state index is 9.95. The van der Waals surface area contributed by atoms with Crippen LogP contribution < -0.4 is 0 Å². The summed E-state index contributed by atoms with van der Waals surface area (Å²) in [5, 5.41) is 24.2. The highest BCUT2D eigenvalue weighted by atomic mass is 15.0. The fourth-order valence-corrected chi connectivity index (χ4v) is 7.23. The van der Waals surface area contributed by atoms with E-state index in [4.69, 9.17) is 0 Å². The molecule has 0 spiro atoms. The minimum atomic E-state index is 0.597. The van der Waals surface area contributed by atoms with Crippen LogP contribution in [-0.2, 0) is 0 Å². The second kappa shape index (κ2) is 10.9.